The van der Waals surface area contributed by atoms with Crippen molar-refractivity contribution in [3.05, 3.63) is 30.7 Å². The van der Waals surface area contributed by atoms with Crippen LogP contribution in [0.25, 0.3) is 11.3 Å². The molecule has 1 amide bonds. The number of amides is 1. The Morgan fingerprint density at radius 1 is 1.04 bits per heavy atom. The minimum absolute atomic E-state index is 0.115. The second-order valence-electron chi connectivity index (χ2n) is 16.8. The predicted octanol–water partition coefficient (Wildman–Crippen LogP) is 3.93. The maximum absolute atomic E-state index is 14.7. The monoisotopic (exact) mass is 798 g/mol. The largest absolute Gasteiger partial charge is 0.458 e. The number of carbonyl (C=O) groups is 4. The summed E-state index contributed by atoms with van der Waals surface area (Å²) in [7, 11) is 5.22. The molecule has 0 bridgehead atoms. The summed E-state index contributed by atoms with van der Waals surface area (Å²) >= 11 is 0. The van der Waals surface area contributed by atoms with Crippen molar-refractivity contribution < 1.29 is 48.0 Å². The standard InChI is InChI=1S/C41H62N6O10/c1-12-31-41(8)35(47(39(52)57-41)18-14-17-46-22-29(43-44-46)28-15-13-16-42-21-28)25(4)32(48)23(2)20-40(7,53-11)36(26(5)33(49)27(6)37(51)55-31)56-38-34(50)30(45(9)10)19-24(3)54-38/h13,15-16,21-27,30-31,34-36,38,50H,12,14,17-20H2,1-11H3/t23-,24?,25+,26+,27-,30?,31-,34?,35-,36-,38?,40+,41-/m1/s1. The Hall–Kier alpha value is -3.83. The molecule has 57 heavy (non-hydrogen) atoms. The number of hydrogen-bond acceptors (Lipinski definition) is 14. The van der Waals surface area contributed by atoms with Crippen LogP contribution in [0.5, 0.6) is 0 Å². The zero-order valence-corrected chi connectivity index (χ0v) is 35.3. The van der Waals surface area contributed by atoms with E-state index in [0.29, 0.717) is 25.1 Å². The summed E-state index contributed by atoms with van der Waals surface area (Å²) < 4.78 is 32.8. The summed E-state index contributed by atoms with van der Waals surface area (Å²) in [5, 5.41) is 19.9. The van der Waals surface area contributed by atoms with Crippen molar-refractivity contribution >= 4 is 23.6 Å². The molecule has 0 aliphatic carbocycles. The van der Waals surface area contributed by atoms with E-state index >= 15 is 0 Å². The molecule has 16 heteroatoms. The second kappa shape index (κ2) is 18.0. The van der Waals surface area contributed by atoms with Gasteiger partial charge >= 0.3 is 12.1 Å². The minimum atomic E-state index is -1.43. The Morgan fingerprint density at radius 3 is 2.39 bits per heavy atom. The van der Waals surface area contributed by atoms with Gasteiger partial charge in [-0.15, -0.1) is 5.10 Å². The van der Waals surface area contributed by atoms with Crippen LogP contribution in [0.2, 0.25) is 0 Å². The van der Waals surface area contributed by atoms with E-state index in [1.54, 1.807) is 69.7 Å². The van der Waals surface area contributed by atoms with Gasteiger partial charge in [-0.05, 0) is 79.6 Å². The van der Waals surface area contributed by atoms with Crippen LogP contribution in [0.4, 0.5) is 4.79 Å². The number of aromatic nitrogens is 4. The van der Waals surface area contributed by atoms with E-state index < -0.39 is 83.4 Å². The number of hydrogen-bond donors (Lipinski definition) is 1. The Bertz CT molecular complexity index is 1730. The number of rotatable bonds is 10. The predicted molar refractivity (Wildman–Crippen MR) is 207 cm³/mol. The number of aliphatic hydroxyl groups is 1. The molecule has 2 aromatic heterocycles. The van der Waals surface area contributed by atoms with E-state index in [4.69, 9.17) is 23.7 Å². The first kappa shape index (κ1) is 44.3. The number of fused-ring (bicyclic) bond motifs is 1. The molecule has 4 unspecified atom stereocenters. The van der Waals surface area contributed by atoms with Crippen LogP contribution in [-0.2, 0) is 44.6 Å². The number of nitrogens with zero attached hydrogens (tertiary/aromatic N) is 6. The smallest absolute Gasteiger partial charge is 0.410 e. The third kappa shape index (κ3) is 9.09. The average molecular weight is 799 g/mol. The summed E-state index contributed by atoms with van der Waals surface area (Å²) in [4.78, 5) is 64.4. The van der Waals surface area contributed by atoms with Gasteiger partial charge in [0.1, 0.15) is 29.6 Å². The van der Waals surface area contributed by atoms with E-state index in [9.17, 15) is 24.3 Å². The zero-order chi connectivity index (χ0) is 42.0. The van der Waals surface area contributed by atoms with Crippen LogP contribution in [-0.4, -0.2) is 140 Å². The zero-order valence-electron chi connectivity index (χ0n) is 35.3. The molecule has 0 spiro atoms. The number of ketones is 2. The Morgan fingerprint density at radius 2 is 1.75 bits per heavy atom. The number of ether oxygens (including phenoxy) is 5. The second-order valence-corrected chi connectivity index (χ2v) is 16.8. The molecule has 0 aromatic carbocycles. The summed E-state index contributed by atoms with van der Waals surface area (Å²) in [6.07, 6.45) is 1.46. The van der Waals surface area contributed by atoms with Gasteiger partial charge in [-0.3, -0.25) is 24.0 Å². The lowest BCUT2D eigenvalue weighted by molar-refractivity contribution is -0.295. The van der Waals surface area contributed by atoms with Gasteiger partial charge in [0.25, 0.3) is 0 Å². The van der Waals surface area contributed by atoms with Crippen LogP contribution < -0.4 is 0 Å². The van der Waals surface area contributed by atoms with Crippen molar-refractivity contribution in [2.45, 2.75) is 142 Å². The highest BCUT2D eigenvalue weighted by atomic mass is 16.7. The molecular formula is C41H62N6O10. The van der Waals surface area contributed by atoms with E-state index in [1.165, 1.54) is 14.0 Å². The molecule has 13 atom stereocenters. The number of aryl methyl sites for hydroxylation is 1. The quantitative estimate of drug-likeness (QED) is 0.269. The maximum atomic E-state index is 14.7. The molecule has 0 radical (unpaired) electrons. The fourth-order valence-corrected chi connectivity index (χ4v) is 9.17. The fourth-order valence-electron chi connectivity index (χ4n) is 9.17. The first-order valence-electron chi connectivity index (χ1n) is 20.1. The highest BCUT2D eigenvalue weighted by molar-refractivity contribution is 6.00. The summed E-state index contributed by atoms with van der Waals surface area (Å²) in [5.74, 6) is -5.06. The topological polar surface area (TPSA) is 185 Å². The van der Waals surface area contributed by atoms with Gasteiger partial charge in [0.05, 0.1) is 30.0 Å². The molecule has 5 rings (SSSR count). The summed E-state index contributed by atoms with van der Waals surface area (Å²) in [5.41, 5.74) is -1.22. The summed E-state index contributed by atoms with van der Waals surface area (Å²) in [6, 6.07) is 2.60. The molecule has 0 saturated carbocycles. The number of Topliss-reactive ketones (excluding diaryl/α,β-unsaturated/α-hetero) is 2. The fraction of sp³-hybridized carbons (Fsp3) is 0.732. The highest BCUT2D eigenvalue weighted by Gasteiger charge is 2.60. The number of cyclic esters (lactones) is 1. The number of esters is 1. The number of likely N-dealkylation sites (N-methyl/N-ethyl adjacent to an activating group) is 1. The first-order valence-corrected chi connectivity index (χ1v) is 20.1. The van der Waals surface area contributed by atoms with Crippen molar-refractivity contribution in [3.63, 3.8) is 0 Å². The lowest BCUT2D eigenvalue weighted by Crippen LogP contribution is -2.60. The summed E-state index contributed by atoms with van der Waals surface area (Å²) in [6.45, 7) is 14.5. The normalized spacial score (nSPS) is 37.1. The highest BCUT2D eigenvalue weighted by Crippen LogP contribution is 2.43. The number of methoxy groups -OCH3 is 1. The van der Waals surface area contributed by atoms with Gasteiger partial charge in [-0.2, -0.15) is 0 Å². The number of pyridine rings is 1. The van der Waals surface area contributed by atoms with Crippen molar-refractivity contribution in [3.8, 4) is 11.3 Å². The van der Waals surface area contributed by atoms with Crippen molar-refractivity contribution in [1.29, 1.82) is 0 Å². The van der Waals surface area contributed by atoms with Gasteiger partial charge < -0.3 is 38.6 Å². The van der Waals surface area contributed by atoms with Crippen LogP contribution in [0.15, 0.2) is 30.7 Å². The van der Waals surface area contributed by atoms with Crippen LogP contribution >= 0.6 is 0 Å². The first-order chi connectivity index (χ1) is 26.9. The Labute approximate surface area is 335 Å². The molecule has 1 N–H and O–H groups in total. The lowest BCUT2D eigenvalue weighted by atomic mass is 9.73. The van der Waals surface area contributed by atoms with Crippen molar-refractivity contribution in [1.82, 2.24) is 29.8 Å². The number of aliphatic hydroxyl groups excluding tert-OH is 1. The van der Waals surface area contributed by atoms with Crippen LogP contribution in [0.1, 0.15) is 81.1 Å². The van der Waals surface area contributed by atoms with Gasteiger partial charge in [-0.1, -0.05) is 32.9 Å². The molecule has 3 saturated heterocycles. The van der Waals surface area contributed by atoms with E-state index in [1.807, 2.05) is 38.1 Å². The third-order valence-corrected chi connectivity index (χ3v) is 12.4. The molecule has 16 nitrogen and oxygen atoms in total. The SMILES string of the molecule is CC[C@H]1OC(=O)[C@H](C)C(=O)[C@H](C)[C@@H](OC2OC(C)CC(N(C)C)C2O)[C@@](C)(OC)C[C@@H](C)C(=O)[C@H](C)[C@H]2N(CCCn3cc(-c4cccnc4)nn3)C(=O)O[C@]12C. The molecule has 3 fully saturated rings. The van der Waals surface area contributed by atoms with Crippen LogP contribution in [0, 0.1) is 23.7 Å². The van der Waals surface area contributed by atoms with Gasteiger partial charge in [0.2, 0.25) is 0 Å². The molecule has 2 aromatic rings. The van der Waals surface area contributed by atoms with Gasteiger partial charge in [0.15, 0.2) is 17.7 Å². The molecule has 3 aliphatic heterocycles. The minimum Gasteiger partial charge on any atom is -0.458 e. The molecule has 3 aliphatic rings. The molecule has 5 heterocycles. The van der Waals surface area contributed by atoms with Gasteiger partial charge in [-0.25, -0.2) is 4.79 Å². The number of carbonyl (C=O) groups excluding carboxylic acids is 4. The average Bonchev–Trinajstić information content (AvgIpc) is 3.76. The Kier molecular flexibility index (Phi) is 14.0. The maximum Gasteiger partial charge on any atom is 0.410 e. The van der Waals surface area contributed by atoms with E-state index in [2.05, 4.69) is 15.3 Å². The Balaban J connectivity index is 1.47. The molecule has 316 valence electrons. The van der Waals surface area contributed by atoms with E-state index in [-0.39, 0.29) is 37.3 Å². The lowest BCUT2D eigenvalue weighted by Gasteiger charge is -2.47. The van der Waals surface area contributed by atoms with E-state index in [0.717, 1.165) is 5.56 Å². The van der Waals surface area contributed by atoms with Crippen LogP contribution in [0.3, 0.4) is 0 Å². The third-order valence-electron chi connectivity index (χ3n) is 12.4. The van der Waals surface area contributed by atoms with Gasteiger partial charge in [0, 0.05) is 62.0 Å². The van der Waals surface area contributed by atoms with Crippen molar-refractivity contribution in [2.75, 3.05) is 27.7 Å². The van der Waals surface area contributed by atoms with Crippen molar-refractivity contribution in [2.24, 2.45) is 23.7 Å². The molecular weight excluding hydrogens is 736 g/mol.